The minimum atomic E-state index is -0.904. The molecule has 2 amide bonds. The van der Waals surface area contributed by atoms with Gasteiger partial charge in [-0.05, 0) is 38.0 Å². The zero-order chi connectivity index (χ0) is 19.9. The first-order valence-electron chi connectivity index (χ1n) is 8.41. The number of esters is 1. The highest BCUT2D eigenvalue weighted by Crippen LogP contribution is 2.21. The van der Waals surface area contributed by atoms with Crippen LogP contribution in [0, 0.1) is 5.92 Å². The quantitative estimate of drug-likeness (QED) is 0.677. The van der Waals surface area contributed by atoms with E-state index in [0.29, 0.717) is 18.1 Å². The van der Waals surface area contributed by atoms with Crippen LogP contribution in [0.4, 0.5) is 0 Å². The smallest absolute Gasteiger partial charge is 0.329 e. The van der Waals surface area contributed by atoms with Gasteiger partial charge in [-0.1, -0.05) is 37.0 Å². The van der Waals surface area contributed by atoms with Crippen LogP contribution in [0.3, 0.4) is 0 Å². The van der Waals surface area contributed by atoms with Gasteiger partial charge in [-0.25, -0.2) is 4.79 Å². The highest BCUT2D eigenvalue weighted by atomic mass is 35.5. The molecule has 26 heavy (non-hydrogen) atoms. The zero-order valence-corrected chi connectivity index (χ0v) is 16.9. The third-order valence-corrected chi connectivity index (χ3v) is 4.38. The molecular formula is C18H24Cl2N2O4. The number of halogens is 2. The standard InChI is InChI=1S/C18H24Cl2N2O4/c1-5-22(6-2)15(23)10-26-18(25)16(11(3)4)21-17(24)13-8-7-12(19)9-14(13)20/h7-9,11,16H,5-6,10H2,1-4H3,(H,21,24)/t16-/m0/s1. The van der Waals surface area contributed by atoms with Crippen molar-refractivity contribution in [3.63, 3.8) is 0 Å². The first kappa shape index (κ1) is 22.3. The van der Waals surface area contributed by atoms with Crippen molar-refractivity contribution < 1.29 is 19.1 Å². The third kappa shape index (κ3) is 6.18. The molecule has 6 nitrogen and oxygen atoms in total. The Labute approximate surface area is 163 Å². The molecule has 0 unspecified atom stereocenters. The van der Waals surface area contributed by atoms with E-state index in [2.05, 4.69) is 5.32 Å². The number of nitrogens with one attached hydrogen (secondary N) is 1. The minimum Gasteiger partial charge on any atom is -0.454 e. The molecule has 0 bridgehead atoms. The molecular weight excluding hydrogens is 379 g/mol. The summed E-state index contributed by atoms with van der Waals surface area (Å²) >= 11 is 11.8. The predicted molar refractivity (Wildman–Crippen MR) is 101 cm³/mol. The summed E-state index contributed by atoms with van der Waals surface area (Å²) in [7, 11) is 0. The second-order valence-corrected chi connectivity index (χ2v) is 6.84. The van der Waals surface area contributed by atoms with Crippen molar-refractivity contribution in [3.8, 4) is 0 Å². The summed E-state index contributed by atoms with van der Waals surface area (Å²) in [6.45, 7) is 7.93. The SMILES string of the molecule is CCN(CC)C(=O)COC(=O)[C@@H](NC(=O)c1ccc(Cl)cc1Cl)C(C)C. The molecule has 144 valence electrons. The molecule has 0 saturated carbocycles. The molecule has 0 spiro atoms. The summed E-state index contributed by atoms with van der Waals surface area (Å²) < 4.78 is 5.10. The van der Waals surface area contributed by atoms with Crippen LogP contribution in [0.5, 0.6) is 0 Å². The monoisotopic (exact) mass is 402 g/mol. The lowest BCUT2D eigenvalue weighted by atomic mass is 10.0. The molecule has 0 aliphatic carbocycles. The van der Waals surface area contributed by atoms with E-state index in [1.165, 1.54) is 18.2 Å². The van der Waals surface area contributed by atoms with Gasteiger partial charge in [0.05, 0.1) is 10.6 Å². The highest BCUT2D eigenvalue weighted by molar-refractivity contribution is 6.36. The Hall–Kier alpha value is -1.79. The first-order chi connectivity index (χ1) is 12.2. The van der Waals surface area contributed by atoms with Gasteiger partial charge in [0.15, 0.2) is 6.61 Å². The van der Waals surface area contributed by atoms with Crippen molar-refractivity contribution in [2.75, 3.05) is 19.7 Å². The van der Waals surface area contributed by atoms with Crippen molar-refractivity contribution in [3.05, 3.63) is 33.8 Å². The molecule has 0 aliphatic rings. The fourth-order valence-electron chi connectivity index (χ4n) is 2.28. The van der Waals surface area contributed by atoms with Gasteiger partial charge < -0.3 is 15.0 Å². The maximum Gasteiger partial charge on any atom is 0.329 e. The number of hydrogen-bond donors (Lipinski definition) is 1. The maximum atomic E-state index is 12.4. The number of carbonyl (C=O) groups is 3. The van der Waals surface area contributed by atoms with Crippen LogP contribution in [0.15, 0.2) is 18.2 Å². The third-order valence-electron chi connectivity index (χ3n) is 3.84. The second-order valence-electron chi connectivity index (χ2n) is 5.99. The van der Waals surface area contributed by atoms with Gasteiger partial charge in [-0.2, -0.15) is 0 Å². The normalized spacial score (nSPS) is 11.8. The average Bonchev–Trinajstić information content (AvgIpc) is 2.58. The van der Waals surface area contributed by atoms with Gasteiger partial charge >= 0.3 is 5.97 Å². The topological polar surface area (TPSA) is 75.7 Å². The van der Waals surface area contributed by atoms with E-state index in [9.17, 15) is 14.4 Å². The Bertz CT molecular complexity index is 661. The number of nitrogens with zero attached hydrogens (tertiary/aromatic N) is 1. The number of benzene rings is 1. The summed E-state index contributed by atoms with van der Waals surface area (Å²) in [5.41, 5.74) is 0.203. The molecule has 0 fully saturated rings. The summed E-state index contributed by atoms with van der Waals surface area (Å²) in [6, 6.07) is 3.56. The first-order valence-corrected chi connectivity index (χ1v) is 9.17. The van der Waals surface area contributed by atoms with Gasteiger partial charge in [0.2, 0.25) is 0 Å². The van der Waals surface area contributed by atoms with Crippen LogP contribution in [-0.2, 0) is 14.3 Å². The summed E-state index contributed by atoms with van der Waals surface area (Å²) in [5, 5.41) is 3.19. The maximum absolute atomic E-state index is 12.4. The number of carbonyl (C=O) groups excluding carboxylic acids is 3. The van der Waals surface area contributed by atoms with E-state index in [1.807, 2.05) is 13.8 Å². The van der Waals surface area contributed by atoms with Crippen molar-refractivity contribution in [1.29, 1.82) is 0 Å². The summed E-state index contributed by atoms with van der Waals surface area (Å²) in [5.74, 6) is -1.70. The van der Waals surface area contributed by atoms with Crippen LogP contribution in [-0.4, -0.2) is 48.4 Å². The van der Waals surface area contributed by atoms with Crippen LogP contribution >= 0.6 is 23.2 Å². The lowest BCUT2D eigenvalue weighted by Crippen LogP contribution is -2.46. The van der Waals surface area contributed by atoms with Crippen molar-refractivity contribution >= 4 is 41.0 Å². The predicted octanol–water partition coefficient (Wildman–Crippen LogP) is 3.16. The Kier molecular flexibility index (Phi) is 8.88. The van der Waals surface area contributed by atoms with Crippen LogP contribution < -0.4 is 5.32 Å². The van der Waals surface area contributed by atoms with E-state index in [4.69, 9.17) is 27.9 Å². The van der Waals surface area contributed by atoms with E-state index in [0.717, 1.165) is 0 Å². The molecule has 1 rings (SSSR count). The van der Waals surface area contributed by atoms with Crippen LogP contribution in [0.25, 0.3) is 0 Å². The average molecular weight is 403 g/mol. The van der Waals surface area contributed by atoms with Crippen molar-refractivity contribution in [1.82, 2.24) is 10.2 Å². The molecule has 0 radical (unpaired) electrons. The lowest BCUT2D eigenvalue weighted by Gasteiger charge is -2.22. The Morgan fingerprint density at radius 3 is 2.27 bits per heavy atom. The van der Waals surface area contributed by atoms with E-state index in [-0.39, 0.29) is 29.0 Å². The van der Waals surface area contributed by atoms with Crippen molar-refractivity contribution in [2.45, 2.75) is 33.7 Å². The van der Waals surface area contributed by atoms with E-state index >= 15 is 0 Å². The zero-order valence-electron chi connectivity index (χ0n) is 15.3. The van der Waals surface area contributed by atoms with E-state index in [1.54, 1.807) is 18.7 Å². The number of likely N-dealkylation sites (N-methyl/N-ethyl adjacent to an activating group) is 1. The number of amides is 2. The molecule has 1 N–H and O–H groups in total. The number of ether oxygens (including phenoxy) is 1. The molecule has 0 heterocycles. The Balaban J connectivity index is 2.77. The number of rotatable bonds is 8. The number of hydrogen-bond acceptors (Lipinski definition) is 4. The van der Waals surface area contributed by atoms with Gasteiger partial charge in [-0.3, -0.25) is 9.59 Å². The van der Waals surface area contributed by atoms with Gasteiger partial charge in [-0.15, -0.1) is 0 Å². The minimum absolute atomic E-state index is 0.183. The second kappa shape index (κ2) is 10.4. The fraction of sp³-hybridized carbons (Fsp3) is 0.500. The fourth-order valence-corrected chi connectivity index (χ4v) is 2.77. The summed E-state index contributed by atoms with van der Waals surface area (Å²) in [6.07, 6.45) is 0. The largest absolute Gasteiger partial charge is 0.454 e. The molecule has 0 saturated heterocycles. The molecule has 1 aromatic carbocycles. The molecule has 0 aromatic heterocycles. The van der Waals surface area contributed by atoms with Gasteiger partial charge in [0.25, 0.3) is 11.8 Å². The lowest BCUT2D eigenvalue weighted by molar-refractivity contribution is -0.154. The van der Waals surface area contributed by atoms with Gasteiger partial charge in [0, 0.05) is 18.1 Å². The molecule has 1 aromatic rings. The Morgan fingerprint density at radius 1 is 1.15 bits per heavy atom. The van der Waals surface area contributed by atoms with Crippen molar-refractivity contribution in [2.24, 2.45) is 5.92 Å². The Morgan fingerprint density at radius 2 is 1.77 bits per heavy atom. The van der Waals surface area contributed by atoms with Crippen LogP contribution in [0.1, 0.15) is 38.1 Å². The van der Waals surface area contributed by atoms with Gasteiger partial charge in [0.1, 0.15) is 6.04 Å². The summed E-state index contributed by atoms with van der Waals surface area (Å²) in [4.78, 5) is 38.3. The highest BCUT2D eigenvalue weighted by Gasteiger charge is 2.27. The van der Waals surface area contributed by atoms with E-state index < -0.39 is 17.9 Å². The van der Waals surface area contributed by atoms with Crippen LogP contribution in [0.2, 0.25) is 10.0 Å². The molecule has 8 heteroatoms. The molecule has 1 atom stereocenters. The molecule has 0 aliphatic heterocycles.